The second-order valence-corrected chi connectivity index (χ2v) is 3.55. The highest BCUT2D eigenvalue weighted by molar-refractivity contribution is 5.66. The number of hydrogen-bond acceptors (Lipinski definition) is 3. The van der Waals surface area contributed by atoms with Crippen molar-refractivity contribution in [2.75, 3.05) is 20.3 Å². The zero-order valence-electron chi connectivity index (χ0n) is 9.80. The highest BCUT2D eigenvalue weighted by atomic mass is 16.5. The maximum atomic E-state index is 5.67. The first-order valence-corrected chi connectivity index (χ1v) is 5.54. The number of pyridine rings is 1. The molecule has 3 heteroatoms. The van der Waals surface area contributed by atoms with Crippen molar-refractivity contribution in [1.82, 2.24) is 4.98 Å². The van der Waals surface area contributed by atoms with Crippen molar-refractivity contribution in [2.24, 2.45) is 0 Å². The van der Waals surface area contributed by atoms with Crippen LogP contribution in [0.25, 0.3) is 11.3 Å². The van der Waals surface area contributed by atoms with Crippen molar-refractivity contribution in [3.8, 4) is 17.0 Å². The molecule has 0 aliphatic heterocycles. The molecule has 0 atom stereocenters. The summed E-state index contributed by atoms with van der Waals surface area (Å²) in [6.07, 6.45) is 1.78. The Kier molecular flexibility index (Phi) is 4.11. The van der Waals surface area contributed by atoms with Gasteiger partial charge in [-0.25, -0.2) is 0 Å². The molecule has 0 bridgehead atoms. The van der Waals surface area contributed by atoms with Crippen LogP contribution in [-0.2, 0) is 4.74 Å². The van der Waals surface area contributed by atoms with Crippen LogP contribution in [0.1, 0.15) is 0 Å². The Bertz CT molecular complexity index is 457. The monoisotopic (exact) mass is 229 g/mol. The van der Waals surface area contributed by atoms with Gasteiger partial charge in [0.05, 0.1) is 12.3 Å². The predicted octanol–water partition coefficient (Wildman–Crippen LogP) is 2.77. The van der Waals surface area contributed by atoms with Gasteiger partial charge in [0.1, 0.15) is 12.4 Å². The van der Waals surface area contributed by atoms with Crippen molar-refractivity contribution in [3.05, 3.63) is 48.7 Å². The summed E-state index contributed by atoms with van der Waals surface area (Å²) in [7, 11) is 1.66. The Hall–Kier alpha value is -1.87. The molecule has 0 N–H and O–H groups in total. The van der Waals surface area contributed by atoms with Crippen molar-refractivity contribution in [3.63, 3.8) is 0 Å². The van der Waals surface area contributed by atoms with Crippen LogP contribution in [0.3, 0.4) is 0 Å². The molecule has 3 nitrogen and oxygen atoms in total. The van der Waals surface area contributed by atoms with Crippen molar-refractivity contribution < 1.29 is 9.47 Å². The van der Waals surface area contributed by atoms with Crippen LogP contribution in [0.4, 0.5) is 0 Å². The number of nitrogens with zero attached hydrogens (tertiary/aromatic N) is 1. The molecule has 17 heavy (non-hydrogen) atoms. The molecule has 0 aliphatic carbocycles. The maximum Gasteiger partial charge on any atom is 0.128 e. The molecule has 0 saturated heterocycles. The Balaban J connectivity index is 2.22. The molecule has 2 rings (SSSR count). The minimum Gasteiger partial charge on any atom is -0.490 e. The Morgan fingerprint density at radius 3 is 2.59 bits per heavy atom. The van der Waals surface area contributed by atoms with Crippen LogP contribution >= 0.6 is 0 Å². The molecular formula is C14H15NO2. The lowest BCUT2D eigenvalue weighted by Gasteiger charge is -2.10. The van der Waals surface area contributed by atoms with E-state index in [-0.39, 0.29) is 0 Å². The lowest BCUT2D eigenvalue weighted by atomic mass is 10.1. The number of aromatic nitrogens is 1. The van der Waals surface area contributed by atoms with Crippen LogP contribution in [0.5, 0.6) is 5.75 Å². The van der Waals surface area contributed by atoms with Gasteiger partial charge in [0.25, 0.3) is 0 Å². The van der Waals surface area contributed by atoms with E-state index in [0.29, 0.717) is 13.2 Å². The van der Waals surface area contributed by atoms with E-state index in [2.05, 4.69) is 4.98 Å². The summed E-state index contributed by atoms with van der Waals surface area (Å²) < 4.78 is 10.6. The normalized spacial score (nSPS) is 10.2. The van der Waals surface area contributed by atoms with Gasteiger partial charge in [-0.05, 0) is 24.3 Å². The molecule has 1 heterocycles. The summed E-state index contributed by atoms with van der Waals surface area (Å²) in [6.45, 7) is 1.12. The number of ether oxygens (including phenoxy) is 2. The summed E-state index contributed by atoms with van der Waals surface area (Å²) >= 11 is 0. The first-order chi connectivity index (χ1) is 8.42. The van der Waals surface area contributed by atoms with Crippen molar-refractivity contribution in [2.45, 2.75) is 0 Å². The maximum absolute atomic E-state index is 5.67. The van der Waals surface area contributed by atoms with Crippen molar-refractivity contribution >= 4 is 0 Å². The third-order valence-corrected chi connectivity index (χ3v) is 2.37. The van der Waals surface area contributed by atoms with Gasteiger partial charge in [0.15, 0.2) is 0 Å². The van der Waals surface area contributed by atoms with E-state index in [1.807, 2.05) is 42.5 Å². The van der Waals surface area contributed by atoms with E-state index in [1.165, 1.54) is 0 Å². The lowest BCUT2D eigenvalue weighted by molar-refractivity contribution is 0.146. The van der Waals surface area contributed by atoms with Crippen LogP contribution < -0.4 is 4.74 Å². The molecule has 0 radical (unpaired) electrons. The second kappa shape index (κ2) is 6.01. The fraction of sp³-hybridized carbons (Fsp3) is 0.214. The van der Waals surface area contributed by atoms with Gasteiger partial charge >= 0.3 is 0 Å². The average Bonchev–Trinajstić information content (AvgIpc) is 2.41. The molecule has 0 fully saturated rings. The first kappa shape index (κ1) is 11.6. The molecule has 2 aromatic rings. The second-order valence-electron chi connectivity index (χ2n) is 3.55. The van der Waals surface area contributed by atoms with Crippen LogP contribution in [0, 0.1) is 0 Å². The molecule has 1 aromatic heterocycles. The Morgan fingerprint density at radius 2 is 1.82 bits per heavy atom. The van der Waals surface area contributed by atoms with E-state index >= 15 is 0 Å². The Labute approximate surface area is 101 Å². The highest BCUT2D eigenvalue weighted by Gasteiger charge is 2.05. The predicted molar refractivity (Wildman–Crippen MR) is 67.0 cm³/mol. The zero-order valence-corrected chi connectivity index (χ0v) is 9.80. The lowest BCUT2D eigenvalue weighted by Crippen LogP contribution is -2.05. The summed E-state index contributed by atoms with van der Waals surface area (Å²) in [5.74, 6) is 0.836. The van der Waals surface area contributed by atoms with E-state index in [9.17, 15) is 0 Å². The number of hydrogen-bond donors (Lipinski definition) is 0. The third-order valence-electron chi connectivity index (χ3n) is 2.37. The molecule has 0 unspecified atom stereocenters. The molecular weight excluding hydrogens is 214 g/mol. The van der Waals surface area contributed by atoms with Gasteiger partial charge in [-0.15, -0.1) is 0 Å². The summed E-state index contributed by atoms with van der Waals surface area (Å²) in [5.41, 5.74) is 1.92. The standard InChI is InChI=1S/C14H15NO2/c1-16-10-11-17-14-8-3-2-6-12(14)13-7-4-5-9-15-13/h2-9H,10-11H2,1H3. The third kappa shape index (κ3) is 3.04. The molecule has 0 saturated carbocycles. The average molecular weight is 229 g/mol. The van der Waals surface area contributed by atoms with E-state index < -0.39 is 0 Å². The van der Waals surface area contributed by atoms with Gasteiger partial charge in [-0.3, -0.25) is 4.98 Å². The summed E-state index contributed by atoms with van der Waals surface area (Å²) in [5, 5.41) is 0. The molecule has 1 aromatic carbocycles. The minimum atomic E-state index is 0.542. The summed E-state index contributed by atoms with van der Waals surface area (Å²) in [4.78, 5) is 4.33. The largest absolute Gasteiger partial charge is 0.490 e. The minimum absolute atomic E-state index is 0.542. The topological polar surface area (TPSA) is 31.4 Å². The fourth-order valence-electron chi connectivity index (χ4n) is 1.56. The van der Waals surface area contributed by atoms with Crippen LogP contribution in [-0.4, -0.2) is 25.3 Å². The first-order valence-electron chi connectivity index (χ1n) is 5.54. The van der Waals surface area contributed by atoms with Crippen molar-refractivity contribution in [1.29, 1.82) is 0 Å². The SMILES string of the molecule is COCCOc1ccccc1-c1ccccn1. The Morgan fingerprint density at radius 1 is 1.00 bits per heavy atom. The van der Waals surface area contributed by atoms with Gasteiger partial charge in [0.2, 0.25) is 0 Å². The van der Waals surface area contributed by atoms with Gasteiger partial charge in [0, 0.05) is 18.9 Å². The highest BCUT2D eigenvalue weighted by Crippen LogP contribution is 2.27. The number of benzene rings is 1. The van der Waals surface area contributed by atoms with Crippen LogP contribution in [0.2, 0.25) is 0 Å². The van der Waals surface area contributed by atoms with Gasteiger partial charge < -0.3 is 9.47 Å². The molecule has 0 amide bonds. The van der Waals surface area contributed by atoms with Gasteiger partial charge in [-0.2, -0.15) is 0 Å². The summed E-state index contributed by atoms with van der Waals surface area (Å²) in [6, 6.07) is 13.7. The quantitative estimate of drug-likeness (QED) is 0.739. The molecule has 0 spiro atoms. The van der Waals surface area contributed by atoms with E-state index in [1.54, 1.807) is 13.3 Å². The van der Waals surface area contributed by atoms with Gasteiger partial charge in [-0.1, -0.05) is 18.2 Å². The zero-order chi connectivity index (χ0) is 11.9. The fourth-order valence-corrected chi connectivity index (χ4v) is 1.56. The number of methoxy groups -OCH3 is 1. The van der Waals surface area contributed by atoms with E-state index in [0.717, 1.165) is 17.0 Å². The van der Waals surface area contributed by atoms with Crippen LogP contribution in [0.15, 0.2) is 48.7 Å². The number of rotatable bonds is 5. The molecule has 88 valence electrons. The smallest absolute Gasteiger partial charge is 0.128 e. The molecule has 0 aliphatic rings. The number of para-hydroxylation sites is 1. The van der Waals surface area contributed by atoms with E-state index in [4.69, 9.17) is 9.47 Å².